The number of hydrogen-bond donors (Lipinski definition) is 3. The lowest BCUT2D eigenvalue weighted by atomic mass is 10.1. The Kier molecular flexibility index (Phi) is 5.79. The number of H-pyrrole nitrogens is 1. The molecule has 0 bridgehead atoms. The van der Waals surface area contributed by atoms with Crippen molar-refractivity contribution in [2.24, 2.45) is 0 Å². The largest absolute Gasteiger partial charge is 0.367 e. The normalized spacial score (nSPS) is 17.4. The monoisotopic (exact) mass is 280 g/mol. The molecule has 1 aliphatic rings. The van der Waals surface area contributed by atoms with Crippen molar-refractivity contribution < 1.29 is 4.79 Å². The van der Waals surface area contributed by atoms with E-state index in [1.807, 2.05) is 0 Å². The molecule has 1 aromatic heterocycles. The van der Waals surface area contributed by atoms with Crippen LogP contribution >= 0.6 is 0 Å². The first-order chi connectivity index (χ1) is 9.74. The summed E-state index contributed by atoms with van der Waals surface area (Å²) in [7, 11) is 0. The van der Waals surface area contributed by atoms with Crippen molar-refractivity contribution >= 4 is 11.9 Å². The highest BCUT2D eigenvalue weighted by Crippen LogP contribution is 2.09. The molecule has 1 aliphatic heterocycles. The van der Waals surface area contributed by atoms with Gasteiger partial charge in [0.2, 0.25) is 11.9 Å². The number of nitrogens with two attached hydrogens (primary N) is 1. The fourth-order valence-corrected chi connectivity index (χ4v) is 2.47. The molecule has 0 unspecified atom stereocenters. The van der Waals surface area contributed by atoms with E-state index in [-0.39, 0.29) is 11.9 Å². The van der Waals surface area contributed by atoms with Gasteiger partial charge in [-0.05, 0) is 25.9 Å². The number of anilines is 1. The van der Waals surface area contributed by atoms with E-state index in [1.165, 1.54) is 32.1 Å². The maximum absolute atomic E-state index is 11.9. The van der Waals surface area contributed by atoms with Crippen LogP contribution in [0.25, 0.3) is 0 Å². The molecule has 2 rings (SSSR count). The zero-order chi connectivity index (χ0) is 14.2. The average molecular weight is 280 g/mol. The van der Waals surface area contributed by atoms with Crippen LogP contribution in [0.15, 0.2) is 0 Å². The average Bonchev–Trinajstić information content (AvgIpc) is 2.78. The number of carbonyl (C=O) groups is 1. The van der Waals surface area contributed by atoms with Crippen LogP contribution in [-0.4, -0.2) is 52.2 Å². The van der Waals surface area contributed by atoms with E-state index in [0.29, 0.717) is 25.3 Å². The molecule has 1 aromatic rings. The summed E-state index contributed by atoms with van der Waals surface area (Å²) >= 11 is 0. The van der Waals surface area contributed by atoms with Crippen molar-refractivity contribution in [3.8, 4) is 0 Å². The lowest BCUT2D eigenvalue weighted by molar-refractivity contribution is -0.122. The van der Waals surface area contributed by atoms with Crippen molar-refractivity contribution in [2.45, 2.75) is 38.5 Å². The fourth-order valence-electron chi connectivity index (χ4n) is 2.47. The predicted molar refractivity (Wildman–Crippen MR) is 77.0 cm³/mol. The minimum absolute atomic E-state index is 0.0815. The van der Waals surface area contributed by atoms with E-state index in [2.05, 4.69) is 25.4 Å². The Morgan fingerprint density at radius 3 is 2.60 bits per heavy atom. The third-order valence-corrected chi connectivity index (χ3v) is 3.55. The maximum atomic E-state index is 11.9. The molecule has 7 nitrogen and oxygen atoms in total. The number of likely N-dealkylation sites (tertiary alicyclic amines) is 1. The number of nitrogens with one attached hydrogen (secondary N) is 2. The Hall–Kier alpha value is -1.63. The van der Waals surface area contributed by atoms with Gasteiger partial charge >= 0.3 is 0 Å². The topological polar surface area (TPSA) is 99.9 Å². The van der Waals surface area contributed by atoms with Crippen molar-refractivity contribution in [3.05, 3.63) is 5.82 Å². The molecule has 1 fully saturated rings. The zero-order valence-corrected chi connectivity index (χ0v) is 11.9. The van der Waals surface area contributed by atoms with Crippen molar-refractivity contribution in [2.75, 3.05) is 31.9 Å². The summed E-state index contributed by atoms with van der Waals surface area (Å²) in [6.45, 7) is 3.12. The molecule has 1 amide bonds. The van der Waals surface area contributed by atoms with Crippen LogP contribution in [0.5, 0.6) is 0 Å². The van der Waals surface area contributed by atoms with Crippen molar-refractivity contribution in [3.63, 3.8) is 0 Å². The van der Waals surface area contributed by atoms with Gasteiger partial charge < -0.3 is 11.1 Å². The van der Waals surface area contributed by atoms with Gasteiger partial charge in [0.15, 0.2) is 0 Å². The molecule has 20 heavy (non-hydrogen) atoms. The van der Waals surface area contributed by atoms with E-state index in [0.717, 1.165) is 13.1 Å². The maximum Gasteiger partial charge on any atom is 0.239 e. The molecule has 0 atom stereocenters. The van der Waals surface area contributed by atoms with E-state index in [4.69, 9.17) is 5.73 Å². The van der Waals surface area contributed by atoms with Gasteiger partial charge in [-0.2, -0.15) is 4.98 Å². The molecule has 0 radical (unpaired) electrons. The SMILES string of the molecule is Nc1n[nH]c(CCNC(=O)CN2CCCCCCC2)n1. The Balaban J connectivity index is 1.63. The molecule has 0 aromatic carbocycles. The number of aromatic nitrogens is 3. The first-order valence-electron chi connectivity index (χ1n) is 7.40. The second-order valence-electron chi connectivity index (χ2n) is 5.28. The van der Waals surface area contributed by atoms with Gasteiger partial charge in [-0.3, -0.25) is 14.8 Å². The highest BCUT2D eigenvalue weighted by Gasteiger charge is 2.12. The van der Waals surface area contributed by atoms with Gasteiger partial charge in [0.05, 0.1) is 6.54 Å². The summed E-state index contributed by atoms with van der Waals surface area (Å²) in [5.74, 6) is 1.03. The van der Waals surface area contributed by atoms with E-state index < -0.39 is 0 Å². The van der Waals surface area contributed by atoms with Crippen LogP contribution in [-0.2, 0) is 11.2 Å². The number of amides is 1. The van der Waals surface area contributed by atoms with Gasteiger partial charge in [-0.15, -0.1) is 5.10 Å². The summed E-state index contributed by atoms with van der Waals surface area (Å²) in [4.78, 5) is 18.1. The first-order valence-corrected chi connectivity index (χ1v) is 7.40. The second-order valence-corrected chi connectivity index (χ2v) is 5.28. The quantitative estimate of drug-likeness (QED) is 0.721. The van der Waals surface area contributed by atoms with E-state index in [1.54, 1.807) is 0 Å². The minimum atomic E-state index is 0.0815. The van der Waals surface area contributed by atoms with Crippen LogP contribution < -0.4 is 11.1 Å². The summed E-state index contributed by atoms with van der Waals surface area (Å²) in [5.41, 5.74) is 5.41. The number of aromatic amines is 1. The number of hydrogen-bond acceptors (Lipinski definition) is 5. The first kappa shape index (κ1) is 14.8. The molecule has 7 heteroatoms. The Morgan fingerprint density at radius 1 is 1.25 bits per heavy atom. The summed E-state index contributed by atoms with van der Waals surface area (Å²) < 4.78 is 0. The van der Waals surface area contributed by atoms with Gasteiger partial charge in [0, 0.05) is 13.0 Å². The van der Waals surface area contributed by atoms with Crippen LogP contribution in [0.1, 0.15) is 37.9 Å². The second kappa shape index (κ2) is 7.84. The van der Waals surface area contributed by atoms with Crippen molar-refractivity contribution in [1.29, 1.82) is 0 Å². The highest BCUT2D eigenvalue weighted by molar-refractivity contribution is 5.77. The Morgan fingerprint density at radius 2 is 1.95 bits per heavy atom. The van der Waals surface area contributed by atoms with Crippen LogP contribution in [0.2, 0.25) is 0 Å². The van der Waals surface area contributed by atoms with E-state index in [9.17, 15) is 4.79 Å². The molecular weight excluding hydrogens is 256 g/mol. The summed E-state index contributed by atoms with van der Waals surface area (Å²) in [5, 5.41) is 9.39. The van der Waals surface area contributed by atoms with Gasteiger partial charge in [-0.25, -0.2) is 0 Å². The zero-order valence-electron chi connectivity index (χ0n) is 11.9. The number of nitrogen functional groups attached to an aromatic ring is 1. The van der Waals surface area contributed by atoms with Crippen LogP contribution in [0.4, 0.5) is 5.95 Å². The lowest BCUT2D eigenvalue weighted by Gasteiger charge is -2.23. The molecule has 4 N–H and O–H groups in total. The molecular formula is C13H24N6O. The van der Waals surface area contributed by atoms with Gasteiger partial charge in [0.25, 0.3) is 0 Å². The Bertz CT molecular complexity index is 411. The minimum Gasteiger partial charge on any atom is -0.367 e. The third kappa shape index (κ3) is 5.16. The molecule has 1 saturated heterocycles. The standard InChI is InChI=1S/C13H24N6O/c14-13-16-11(17-18-13)6-7-15-12(20)10-19-8-4-2-1-3-5-9-19/h1-10H2,(H,15,20)(H3,14,16,17,18). The molecule has 2 heterocycles. The number of rotatable bonds is 5. The van der Waals surface area contributed by atoms with Crippen molar-refractivity contribution in [1.82, 2.24) is 25.4 Å². The van der Waals surface area contributed by atoms with Gasteiger partial charge in [-0.1, -0.05) is 19.3 Å². The van der Waals surface area contributed by atoms with Crippen LogP contribution in [0.3, 0.4) is 0 Å². The third-order valence-electron chi connectivity index (χ3n) is 3.55. The molecule has 0 aliphatic carbocycles. The summed E-state index contributed by atoms with van der Waals surface area (Å²) in [6, 6.07) is 0. The Labute approximate surface area is 119 Å². The highest BCUT2D eigenvalue weighted by atomic mass is 16.2. The predicted octanol–water partition coefficient (Wildman–Crippen LogP) is 0.312. The molecule has 112 valence electrons. The van der Waals surface area contributed by atoms with Gasteiger partial charge in [0.1, 0.15) is 5.82 Å². The van der Waals surface area contributed by atoms with E-state index >= 15 is 0 Å². The smallest absolute Gasteiger partial charge is 0.239 e. The number of nitrogens with zero attached hydrogens (tertiary/aromatic N) is 3. The number of carbonyl (C=O) groups excluding carboxylic acids is 1. The van der Waals surface area contributed by atoms with Crippen LogP contribution in [0, 0.1) is 0 Å². The lowest BCUT2D eigenvalue weighted by Crippen LogP contribution is -2.39. The summed E-state index contributed by atoms with van der Waals surface area (Å²) in [6.07, 6.45) is 6.92. The molecule has 0 saturated carbocycles. The fraction of sp³-hybridized carbons (Fsp3) is 0.769. The molecule has 0 spiro atoms.